The largest absolute Gasteiger partial charge is 0.324 e. The zero-order valence-corrected chi connectivity index (χ0v) is 9.58. The van der Waals surface area contributed by atoms with Crippen molar-refractivity contribution in [2.24, 2.45) is 5.73 Å². The van der Waals surface area contributed by atoms with E-state index in [4.69, 9.17) is 5.73 Å². The molecule has 0 aliphatic rings. The number of thiophene rings is 1. The van der Waals surface area contributed by atoms with E-state index in [1.807, 2.05) is 11.3 Å². The number of rotatable bonds is 4. The highest BCUT2D eigenvalue weighted by molar-refractivity contribution is 7.12. The highest BCUT2D eigenvalue weighted by Gasteiger charge is 2.10. The predicted molar refractivity (Wildman–Crippen MR) is 60.2 cm³/mol. The van der Waals surface area contributed by atoms with E-state index >= 15 is 0 Å². The van der Waals surface area contributed by atoms with Gasteiger partial charge in [0, 0.05) is 15.8 Å². The van der Waals surface area contributed by atoms with Crippen LogP contribution in [0.4, 0.5) is 0 Å². The number of hydrogen-bond donors (Lipinski definition) is 1. The second-order valence-corrected chi connectivity index (χ2v) is 5.08. The van der Waals surface area contributed by atoms with Crippen LogP contribution < -0.4 is 5.73 Å². The molecule has 0 fully saturated rings. The van der Waals surface area contributed by atoms with Gasteiger partial charge in [-0.15, -0.1) is 11.3 Å². The average molecular weight is 197 g/mol. The van der Waals surface area contributed by atoms with Gasteiger partial charge in [-0.2, -0.15) is 0 Å². The molecule has 0 aromatic carbocycles. The van der Waals surface area contributed by atoms with Crippen LogP contribution >= 0.6 is 11.3 Å². The van der Waals surface area contributed by atoms with Gasteiger partial charge in [0.1, 0.15) is 0 Å². The van der Waals surface area contributed by atoms with Crippen molar-refractivity contribution in [3.63, 3.8) is 0 Å². The van der Waals surface area contributed by atoms with Gasteiger partial charge in [-0.3, -0.25) is 0 Å². The molecule has 0 saturated carbocycles. The van der Waals surface area contributed by atoms with Crippen molar-refractivity contribution in [1.82, 2.24) is 0 Å². The molecule has 1 nitrogen and oxygen atoms in total. The van der Waals surface area contributed by atoms with Gasteiger partial charge in [0.2, 0.25) is 0 Å². The summed E-state index contributed by atoms with van der Waals surface area (Å²) in [4.78, 5) is 2.76. The molecule has 0 saturated heterocycles. The zero-order chi connectivity index (χ0) is 9.84. The van der Waals surface area contributed by atoms with E-state index in [9.17, 15) is 0 Å². The third-order valence-corrected chi connectivity index (χ3v) is 3.33. The zero-order valence-electron chi connectivity index (χ0n) is 8.76. The topological polar surface area (TPSA) is 26.0 Å². The highest BCUT2D eigenvalue weighted by Crippen LogP contribution is 2.27. The molecule has 0 aliphatic carbocycles. The summed E-state index contributed by atoms with van der Waals surface area (Å²) >= 11 is 1.85. The first-order chi connectivity index (χ1) is 6.15. The summed E-state index contributed by atoms with van der Waals surface area (Å²) in [5.74, 6) is 0. The molecule has 1 aromatic rings. The predicted octanol–water partition coefficient (Wildman–Crippen LogP) is 3.55. The van der Waals surface area contributed by atoms with Gasteiger partial charge in [0.25, 0.3) is 0 Å². The molecule has 0 aliphatic heterocycles. The second kappa shape index (κ2) is 4.77. The lowest BCUT2D eigenvalue weighted by molar-refractivity contribution is 0.603. The van der Waals surface area contributed by atoms with E-state index in [-0.39, 0.29) is 6.04 Å². The maximum absolute atomic E-state index is 6.10. The SMILES string of the molecule is CCCC[C@H](N)c1cc(C)sc1C. The summed E-state index contributed by atoms with van der Waals surface area (Å²) in [7, 11) is 0. The van der Waals surface area contributed by atoms with E-state index in [0.29, 0.717) is 0 Å². The Kier molecular flexibility index (Phi) is 3.94. The molecule has 2 heteroatoms. The fourth-order valence-corrected chi connectivity index (χ4v) is 2.60. The van der Waals surface area contributed by atoms with Crippen molar-refractivity contribution in [2.45, 2.75) is 46.1 Å². The number of nitrogens with two attached hydrogens (primary N) is 1. The van der Waals surface area contributed by atoms with Crippen LogP contribution in [0.25, 0.3) is 0 Å². The van der Waals surface area contributed by atoms with Crippen molar-refractivity contribution >= 4 is 11.3 Å². The fraction of sp³-hybridized carbons (Fsp3) is 0.636. The molecule has 0 spiro atoms. The minimum Gasteiger partial charge on any atom is -0.324 e. The molecule has 13 heavy (non-hydrogen) atoms. The molecular formula is C11H19NS. The summed E-state index contributed by atoms with van der Waals surface area (Å²) in [6.07, 6.45) is 3.58. The summed E-state index contributed by atoms with van der Waals surface area (Å²) in [5.41, 5.74) is 7.46. The Balaban J connectivity index is 2.64. The molecule has 2 N–H and O–H groups in total. The third-order valence-electron chi connectivity index (χ3n) is 2.35. The maximum atomic E-state index is 6.10. The molecular weight excluding hydrogens is 178 g/mol. The molecule has 1 heterocycles. The van der Waals surface area contributed by atoms with Crippen LogP contribution in [0.5, 0.6) is 0 Å². The van der Waals surface area contributed by atoms with E-state index < -0.39 is 0 Å². The van der Waals surface area contributed by atoms with E-state index in [1.54, 1.807) is 0 Å². The molecule has 0 unspecified atom stereocenters. The van der Waals surface area contributed by atoms with Gasteiger partial charge >= 0.3 is 0 Å². The number of hydrogen-bond acceptors (Lipinski definition) is 2. The smallest absolute Gasteiger partial charge is 0.0305 e. The average Bonchev–Trinajstić information content (AvgIpc) is 2.41. The molecule has 1 aromatic heterocycles. The van der Waals surface area contributed by atoms with Crippen molar-refractivity contribution in [2.75, 3.05) is 0 Å². The van der Waals surface area contributed by atoms with Crippen molar-refractivity contribution < 1.29 is 0 Å². The van der Waals surface area contributed by atoms with Crippen LogP contribution in [-0.2, 0) is 0 Å². The first-order valence-corrected chi connectivity index (χ1v) is 5.79. The Morgan fingerprint density at radius 1 is 1.46 bits per heavy atom. The van der Waals surface area contributed by atoms with E-state index in [1.165, 1.54) is 28.2 Å². The standard InChI is InChI=1S/C11H19NS/c1-4-5-6-11(12)10-7-8(2)13-9(10)3/h7,11H,4-6,12H2,1-3H3/t11-/m0/s1. The summed E-state index contributed by atoms with van der Waals surface area (Å²) < 4.78 is 0. The van der Waals surface area contributed by atoms with E-state index in [2.05, 4.69) is 26.8 Å². The Hall–Kier alpha value is -0.340. The van der Waals surface area contributed by atoms with E-state index in [0.717, 1.165) is 6.42 Å². The van der Waals surface area contributed by atoms with Crippen molar-refractivity contribution in [3.05, 3.63) is 21.4 Å². The van der Waals surface area contributed by atoms with Crippen molar-refractivity contribution in [3.8, 4) is 0 Å². The van der Waals surface area contributed by atoms with Crippen molar-refractivity contribution in [1.29, 1.82) is 0 Å². The molecule has 0 radical (unpaired) electrons. The normalized spacial score (nSPS) is 13.2. The molecule has 1 rings (SSSR count). The molecule has 1 atom stereocenters. The maximum Gasteiger partial charge on any atom is 0.0305 e. The fourth-order valence-electron chi connectivity index (χ4n) is 1.60. The molecule has 0 bridgehead atoms. The first kappa shape index (κ1) is 10.7. The quantitative estimate of drug-likeness (QED) is 0.784. The van der Waals surface area contributed by atoms with Gasteiger partial charge < -0.3 is 5.73 Å². The van der Waals surface area contributed by atoms with Crippen LogP contribution in [0.2, 0.25) is 0 Å². The minimum absolute atomic E-state index is 0.255. The van der Waals surface area contributed by atoms with Crippen LogP contribution in [-0.4, -0.2) is 0 Å². The minimum atomic E-state index is 0.255. The molecule has 0 amide bonds. The van der Waals surface area contributed by atoms with Crippen LogP contribution in [0.15, 0.2) is 6.07 Å². The summed E-state index contributed by atoms with van der Waals surface area (Å²) in [6, 6.07) is 2.49. The Bertz CT molecular complexity index is 265. The van der Waals surface area contributed by atoms with Gasteiger partial charge in [-0.1, -0.05) is 19.8 Å². The highest BCUT2D eigenvalue weighted by atomic mass is 32.1. The lowest BCUT2D eigenvalue weighted by atomic mass is 10.0. The van der Waals surface area contributed by atoms with Gasteiger partial charge in [0.15, 0.2) is 0 Å². The van der Waals surface area contributed by atoms with Crippen LogP contribution in [0, 0.1) is 13.8 Å². The second-order valence-electron chi connectivity index (χ2n) is 3.62. The van der Waals surface area contributed by atoms with Crippen LogP contribution in [0.3, 0.4) is 0 Å². The van der Waals surface area contributed by atoms with Gasteiger partial charge in [0.05, 0.1) is 0 Å². The third kappa shape index (κ3) is 2.82. The Morgan fingerprint density at radius 3 is 2.62 bits per heavy atom. The first-order valence-electron chi connectivity index (χ1n) is 4.97. The van der Waals surface area contributed by atoms with Gasteiger partial charge in [-0.25, -0.2) is 0 Å². The van der Waals surface area contributed by atoms with Crippen LogP contribution in [0.1, 0.15) is 47.5 Å². The summed E-state index contributed by atoms with van der Waals surface area (Å²) in [6.45, 7) is 6.52. The lowest BCUT2D eigenvalue weighted by Crippen LogP contribution is -2.09. The molecule has 74 valence electrons. The summed E-state index contributed by atoms with van der Waals surface area (Å²) in [5, 5.41) is 0. The monoisotopic (exact) mass is 197 g/mol. The number of aryl methyl sites for hydroxylation is 2. The van der Waals surface area contributed by atoms with Gasteiger partial charge in [-0.05, 0) is 31.9 Å². The lowest BCUT2D eigenvalue weighted by Gasteiger charge is -2.10. The number of unbranched alkanes of at least 4 members (excludes halogenated alkanes) is 1. The Morgan fingerprint density at radius 2 is 2.15 bits per heavy atom. The Labute approximate surface area is 85.0 Å².